The van der Waals surface area contributed by atoms with E-state index in [1.807, 2.05) is 46.2 Å². The van der Waals surface area contributed by atoms with Crippen molar-refractivity contribution in [2.45, 2.75) is 44.3 Å². The predicted molar refractivity (Wildman–Crippen MR) is 133 cm³/mol. The molecule has 5 rings (SSSR count). The number of amidine groups is 1. The van der Waals surface area contributed by atoms with E-state index in [1.54, 1.807) is 0 Å². The SMILES string of the molecule is CN1CCC2(CC1)CCN(C(=O)CNC(=O)C1=NC3C=CC=CC3N1Cc1ccccc1)CC2. The number of fused-ring (bicyclic) bond motifs is 1. The number of benzene rings is 1. The molecule has 1 aromatic carbocycles. The van der Waals surface area contributed by atoms with Crippen molar-refractivity contribution in [3.8, 4) is 0 Å². The van der Waals surface area contributed by atoms with E-state index < -0.39 is 0 Å². The van der Waals surface area contributed by atoms with Crippen LogP contribution in [0.3, 0.4) is 0 Å². The maximum Gasteiger partial charge on any atom is 0.287 e. The molecule has 3 aliphatic heterocycles. The first-order chi connectivity index (χ1) is 16.5. The Labute approximate surface area is 202 Å². The van der Waals surface area contributed by atoms with Gasteiger partial charge in [0.2, 0.25) is 5.91 Å². The highest BCUT2D eigenvalue weighted by molar-refractivity contribution is 6.38. The van der Waals surface area contributed by atoms with Crippen LogP contribution in [0.1, 0.15) is 31.2 Å². The van der Waals surface area contributed by atoms with Gasteiger partial charge in [0, 0.05) is 19.6 Å². The van der Waals surface area contributed by atoms with Crippen LogP contribution in [-0.2, 0) is 16.1 Å². The first-order valence-corrected chi connectivity index (χ1v) is 12.5. The van der Waals surface area contributed by atoms with Gasteiger partial charge in [0.25, 0.3) is 5.91 Å². The van der Waals surface area contributed by atoms with Crippen molar-refractivity contribution in [3.05, 3.63) is 60.2 Å². The van der Waals surface area contributed by atoms with Crippen LogP contribution in [0.15, 0.2) is 59.6 Å². The fraction of sp³-hybridized carbons (Fsp3) is 0.519. The molecule has 2 atom stereocenters. The largest absolute Gasteiger partial charge is 0.341 e. The minimum absolute atomic E-state index is 0.00143. The number of nitrogens with one attached hydrogen (secondary N) is 1. The predicted octanol–water partition coefficient (Wildman–Crippen LogP) is 2.21. The van der Waals surface area contributed by atoms with Crippen molar-refractivity contribution in [1.29, 1.82) is 0 Å². The van der Waals surface area contributed by atoms with Gasteiger partial charge < -0.3 is 20.0 Å². The number of hydrogen-bond acceptors (Lipinski definition) is 5. The molecule has 3 heterocycles. The number of hydrogen-bond donors (Lipinski definition) is 1. The number of rotatable bonds is 5. The van der Waals surface area contributed by atoms with Crippen molar-refractivity contribution >= 4 is 17.6 Å². The van der Waals surface area contributed by atoms with Crippen LogP contribution >= 0.6 is 0 Å². The van der Waals surface area contributed by atoms with Crippen LogP contribution in [-0.4, -0.2) is 84.2 Å². The van der Waals surface area contributed by atoms with E-state index >= 15 is 0 Å². The lowest BCUT2D eigenvalue weighted by molar-refractivity contribution is -0.134. The molecule has 180 valence electrons. The Balaban J connectivity index is 1.17. The van der Waals surface area contributed by atoms with E-state index in [4.69, 9.17) is 4.99 Å². The molecule has 7 nitrogen and oxygen atoms in total. The van der Waals surface area contributed by atoms with Crippen molar-refractivity contribution in [3.63, 3.8) is 0 Å². The molecule has 7 heteroatoms. The van der Waals surface area contributed by atoms with Crippen LogP contribution in [0.4, 0.5) is 0 Å². The summed E-state index contributed by atoms with van der Waals surface area (Å²) >= 11 is 0. The zero-order chi connectivity index (χ0) is 23.5. The zero-order valence-corrected chi connectivity index (χ0v) is 20.0. The van der Waals surface area contributed by atoms with Gasteiger partial charge in [-0.05, 0) is 56.8 Å². The van der Waals surface area contributed by atoms with Crippen LogP contribution in [0.5, 0.6) is 0 Å². The summed E-state index contributed by atoms with van der Waals surface area (Å²) in [4.78, 5) is 37.1. The summed E-state index contributed by atoms with van der Waals surface area (Å²) in [6.45, 7) is 4.51. The molecule has 1 spiro atoms. The van der Waals surface area contributed by atoms with Gasteiger partial charge in [-0.2, -0.15) is 0 Å². The first-order valence-electron chi connectivity index (χ1n) is 12.5. The number of aliphatic imine (C=N–C) groups is 1. The van der Waals surface area contributed by atoms with Crippen LogP contribution in [0.25, 0.3) is 0 Å². The standard InChI is InChI=1S/C27H35N5O2/c1-30-15-11-27(12-16-30)13-17-31(18-14-27)24(33)19-28-26(34)25-29-22-9-5-6-10-23(22)32(25)20-21-7-3-2-4-8-21/h2-10,22-23H,11-20H2,1H3,(H,28,34). The molecule has 0 bridgehead atoms. The molecule has 1 aliphatic carbocycles. The Morgan fingerprint density at radius 2 is 1.68 bits per heavy atom. The minimum atomic E-state index is -0.274. The third-order valence-corrected chi connectivity index (χ3v) is 8.00. The fourth-order valence-corrected chi connectivity index (χ4v) is 5.67. The monoisotopic (exact) mass is 461 g/mol. The van der Waals surface area contributed by atoms with Gasteiger partial charge in [-0.1, -0.05) is 54.6 Å². The second-order valence-electron chi connectivity index (χ2n) is 10.2. The molecule has 2 saturated heterocycles. The molecule has 4 aliphatic rings. The number of allylic oxidation sites excluding steroid dienone is 2. The van der Waals surface area contributed by atoms with Gasteiger partial charge in [0.1, 0.15) is 0 Å². The molecule has 0 saturated carbocycles. The molecule has 2 fully saturated rings. The van der Waals surface area contributed by atoms with Gasteiger partial charge in [0.05, 0.1) is 18.6 Å². The number of carbonyl (C=O) groups excluding carboxylic acids is 2. The fourth-order valence-electron chi connectivity index (χ4n) is 5.67. The Morgan fingerprint density at radius 1 is 1.00 bits per heavy atom. The first kappa shape index (κ1) is 22.8. The molecule has 34 heavy (non-hydrogen) atoms. The maximum atomic E-state index is 13.1. The molecule has 0 radical (unpaired) electrons. The molecule has 2 unspecified atom stereocenters. The highest BCUT2D eigenvalue weighted by atomic mass is 16.2. The van der Waals surface area contributed by atoms with Crippen LogP contribution in [0.2, 0.25) is 0 Å². The van der Waals surface area contributed by atoms with Gasteiger partial charge in [0.15, 0.2) is 5.84 Å². The van der Waals surface area contributed by atoms with Crippen LogP contribution in [0, 0.1) is 5.41 Å². The average molecular weight is 462 g/mol. The normalized spacial score (nSPS) is 25.9. The number of amides is 2. The van der Waals surface area contributed by atoms with Crippen LogP contribution < -0.4 is 5.32 Å². The number of piperidine rings is 2. The highest BCUT2D eigenvalue weighted by Gasteiger charge is 2.39. The third-order valence-electron chi connectivity index (χ3n) is 8.00. The Bertz CT molecular complexity index is 984. The number of carbonyl (C=O) groups is 2. The van der Waals surface area contributed by atoms with Gasteiger partial charge in [-0.3, -0.25) is 14.6 Å². The summed E-state index contributed by atoms with van der Waals surface area (Å²) in [6, 6.07) is 10.1. The molecular formula is C27H35N5O2. The lowest BCUT2D eigenvalue weighted by atomic mass is 9.71. The molecule has 2 amide bonds. The lowest BCUT2D eigenvalue weighted by Gasteiger charge is -2.46. The Hall–Kier alpha value is -2.93. The number of nitrogens with zero attached hydrogens (tertiary/aromatic N) is 4. The smallest absolute Gasteiger partial charge is 0.287 e. The van der Waals surface area contributed by atoms with Crippen molar-refractivity contribution < 1.29 is 9.59 Å². The van der Waals surface area contributed by atoms with E-state index in [9.17, 15) is 9.59 Å². The van der Waals surface area contributed by atoms with E-state index in [2.05, 4.69) is 35.5 Å². The third kappa shape index (κ3) is 4.80. The van der Waals surface area contributed by atoms with Crippen molar-refractivity contribution in [1.82, 2.24) is 20.0 Å². The topological polar surface area (TPSA) is 68.2 Å². The Kier molecular flexibility index (Phi) is 6.55. The maximum absolute atomic E-state index is 13.1. The lowest BCUT2D eigenvalue weighted by Crippen LogP contribution is -2.51. The van der Waals surface area contributed by atoms with Gasteiger partial charge in [-0.25, -0.2) is 0 Å². The molecule has 0 aromatic heterocycles. The molecule has 1 N–H and O–H groups in total. The minimum Gasteiger partial charge on any atom is -0.341 e. The summed E-state index contributed by atoms with van der Waals surface area (Å²) in [5.74, 6) is 0.137. The molecular weight excluding hydrogens is 426 g/mol. The summed E-state index contributed by atoms with van der Waals surface area (Å²) in [6.07, 6.45) is 12.7. The van der Waals surface area contributed by atoms with Gasteiger partial charge in [-0.15, -0.1) is 0 Å². The van der Waals surface area contributed by atoms with Gasteiger partial charge >= 0.3 is 0 Å². The van der Waals surface area contributed by atoms with E-state index in [0.29, 0.717) is 17.8 Å². The zero-order valence-electron chi connectivity index (χ0n) is 20.0. The number of likely N-dealkylation sites (tertiary alicyclic amines) is 2. The second-order valence-corrected chi connectivity index (χ2v) is 10.2. The summed E-state index contributed by atoms with van der Waals surface area (Å²) in [5.41, 5.74) is 1.53. The second kappa shape index (κ2) is 9.74. The summed E-state index contributed by atoms with van der Waals surface area (Å²) in [5, 5.41) is 2.87. The highest BCUT2D eigenvalue weighted by Crippen LogP contribution is 2.40. The van der Waals surface area contributed by atoms with Crippen molar-refractivity contribution in [2.75, 3.05) is 39.8 Å². The Morgan fingerprint density at radius 3 is 2.41 bits per heavy atom. The summed E-state index contributed by atoms with van der Waals surface area (Å²) in [7, 11) is 2.19. The van der Waals surface area contributed by atoms with E-state index in [-0.39, 0.29) is 30.4 Å². The van der Waals surface area contributed by atoms with E-state index in [0.717, 1.165) is 44.6 Å². The van der Waals surface area contributed by atoms with Crippen molar-refractivity contribution in [2.24, 2.45) is 10.4 Å². The summed E-state index contributed by atoms with van der Waals surface area (Å²) < 4.78 is 0. The average Bonchev–Trinajstić information content (AvgIpc) is 3.24. The van der Waals surface area contributed by atoms with E-state index in [1.165, 1.54) is 12.8 Å². The quantitative estimate of drug-likeness (QED) is 0.730. The molecule has 1 aromatic rings.